The van der Waals surface area contributed by atoms with Crippen LogP contribution in [0.2, 0.25) is 0 Å². The number of hydrogen-bond acceptors (Lipinski definition) is 6. The Morgan fingerprint density at radius 3 is 2.41 bits per heavy atom. The molecule has 0 fully saturated rings. The molecule has 1 aliphatic rings. The van der Waals surface area contributed by atoms with Gasteiger partial charge >= 0.3 is 6.18 Å². The maximum Gasteiger partial charge on any atom is 0.416 e. The van der Waals surface area contributed by atoms with Gasteiger partial charge in [-0.3, -0.25) is 9.59 Å². The predicted molar refractivity (Wildman–Crippen MR) is 124 cm³/mol. The summed E-state index contributed by atoms with van der Waals surface area (Å²) < 4.78 is 39.6. The molecule has 5 N–H and O–H groups in total. The van der Waals surface area contributed by atoms with Crippen molar-refractivity contribution in [2.24, 2.45) is 5.41 Å². The van der Waals surface area contributed by atoms with Gasteiger partial charge in [-0.05, 0) is 42.5 Å². The predicted octanol–water partition coefficient (Wildman–Crippen LogP) is 4.29. The number of benzene rings is 1. The van der Waals surface area contributed by atoms with Crippen LogP contribution in [0, 0.1) is 12.3 Å². The molecule has 0 saturated carbocycles. The molecule has 3 rings (SSSR count). The van der Waals surface area contributed by atoms with Crippen molar-refractivity contribution in [2.75, 3.05) is 28.7 Å². The quantitative estimate of drug-likeness (QED) is 0.513. The van der Waals surface area contributed by atoms with Crippen LogP contribution in [-0.2, 0) is 15.8 Å². The Morgan fingerprint density at radius 2 is 1.79 bits per heavy atom. The Bertz CT molecular complexity index is 1200. The molecule has 0 unspecified atom stereocenters. The summed E-state index contributed by atoms with van der Waals surface area (Å²) in [7, 11) is 1.63. The first-order valence-corrected chi connectivity index (χ1v) is 10.4. The van der Waals surface area contributed by atoms with Crippen molar-refractivity contribution in [2.45, 2.75) is 33.4 Å². The maximum atomic E-state index is 13.2. The highest BCUT2D eigenvalue weighted by Crippen LogP contribution is 2.38. The molecular formula is C23H25F3N6O2. The van der Waals surface area contributed by atoms with E-state index in [1.807, 2.05) is 13.8 Å². The van der Waals surface area contributed by atoms with Crippen molar-refractivity contribution in [1.82, 2.24) is 9.97 Å². The van der Waals surface area contributed by atoms with Crippen LogP contribution < -0.4 is 21.7 Å². The zero-order valence-electron chi connectivity index (χ0n) is 19.1. The van der Waals surface area contributed by atoms with Gasteiger partial charge in [0.25, 0.3) is 11.8 Å². The number of halogens is 3. The largest absolute Gasteiger partial charge is 0.416 e. The molecule has 180 valence electrons. The number of anilines is 4. The third kappa shape index (κ3) is 5.19. The minimum absolute atomic E-state index is 0.0412. The van der Waals surface area contributed by atoms with Crippen LogP contribution in [0.15, 0.2) is 47.7 Å². The maximum absolute atomic E-state index is 13.2. The number of carbonyl (C=O) groups is 2. The molecule has 2 amide bonds. The molecule has 1 aromatic carbocycles. The van der Waals surface area contributed by atoms with Gasteiger partial charge in [-0.25, -0.2) is 4.98 Å². The van der Waals surface area contributed by atoms with Crippen LogP contribution >= 0.6 is 0 Å². The number of aromatic nitrogens is 2. The number of nitrogens with zero attached hydrogens (tertiary/aromatic N) is 2. The van der Waals surface area contributed by atoms with Crippen LogP contribution in [0.3, 0.4) is 0 Å². The molecule has 0 radical (unpaired) electrons. The van der Waals surface area contributed by atoms with E-state index < -0.39 is 29.0 Å². The van der Waals surface area contributed by atoms with Gasteiger partial charge in [0.1, 0.15) is 5.69 Å². The van der Waals surface area contributed by atoms with E-state index in [0.29, 0.717) is 17.9 Å². The molecule has 0 spiro atoms. The summed E-state index contributed by atoms with van der Waals surface area (Å²) in [6.45, 7) is 4.96. The third-order valence-electron chi connectivity index (χ3n) is 5.55. The normalized spacial score (nSPS) is 15.1. The third-order valence-corrected chi connectivity index (χ3v) is 5.55. The smallest absolute Gasteiger partial charge is 0.382 e. The van der Waals surface area contributed by atoms with Crippen LogP contribution in [0.25, 0.3) is 0 Å². The van der Waals surface area contributed by atoms with E-state index in [1.54, 1.807) is 13.1 Å². The molecule has 1 aromatic heterocycles. The highest BCUT2D eigenvalue weighted by Gasteiger charge is 2.34. The minimum atomic E-state index is -4.54. The number of rotatable bonds is 5. The SMILES string of the molecule is CNc1ncc(NC(=O)C2=CC(C(=O)Nc3cccc(C(F)(F)F)c3C)=CCC2(C)C)c(N)n1. The van der Waals surface area contributed by atoms with Crippen molar-refractivity contribution < 1.29 is 22.8 Å². The van der Waals surface area contributed by atoms with E-state index in [1.165, 1.54) is 31.3 Å². The second kappa shape index (κ2) is 9.16. The number of amides is 2. The summed E-state index contributed by atoms with van der Waals surface area (Å²) in [5.74, 6) is -0.759. The lowest BCUT2D eigenvalue weighted by Crippen LogP contribution is -2.30. The average Bonchev–Trinajstić information content (AvgIpc) is 2.75. The Morgan fingerprint density at radius 1 is 1.12 bits per heavy atom. The molecule has 0 aliphatic heterocycles. The highest BCUT2D eigenvalue weighted by molar-refractivity contribution is 6.11. The topological polar surface area (TPSA) is 122 Å². The van der Waals surface area contributed by atoms with Gasteiger partial charge in [0.2, 0.25) is 5.95 Å². The standard InChI is InChI=1S/C23H25F3N6O2/c1-12-14(23(24,25)26)6-5-7-16(12)30-19(33)13-8-9-22(2,3)15(10-13)20(34)31-17-11-29-21(28-4)32-18(17)27/h5-8,10-11H,9H2,1-4H3,(H,30,33)(H,31,34)(H3,27,28,29,32). The van der Waals surface area contributed by atoms with Crippen LogP contribution in [0.5, 0.6) is 0 Å². The van der Waals surface area contributed by atoms with E-state index in [4.69, 9.17) is 5.73 Å². The second-order valence-electron chi connectivity index (χ2n) is 8.43. The van der Waals surface area contributed by atoms with Crippen LogP contribution in [0.4, 0.5) is 36.3 Å². The molecule has 1 heterocycles. The molecule has 2 aromatic rings. The summed E-state index contributed by atoms with van der Waals surface area (Å²) in [6.07, 6.45) is 0.259. The second-order valence-corrected chi connectivity index (χ2v) is 8.43. The van der Waals surface area contributed by atoms with E-state index in [0.717, 1.165) is 6.07 Å². The zero-order valence-corrected chi connectivity index (χ0v) is 19.1. The summed E-state index contributed by atoms with van der Waals surface area (Å²) in [4.78, 5) is 33.9. The van der Waals surface area contributed by atoms with Crippen molar-refractivity contribution in [3.05, 3.63) is 58.8 Å². The first-order chi connectivity index (χ1) is 15.8. The fourth-order valence-electron chi connectivity index (χ4n) is 3.49. The number of alkyl halides is 3. The van der Waals surface area contributed by atoms with Crippen molar-refractivity contribution in [1.29, 1.82) is 0 Å². The molecule has 0 atom stereocenters. The lowest BCUT2D eigenvalue weighted by atomic mass is 9.76. The van der Waals surface area contributed by atoms with Gasteiger partial charge < -0.3 is 21.7 Å². The van der Waals surface area contributed by atoms with Crippen molar-refractivity contribution in [3.8, 4) is 0 Å². The summed E-state index contributed by atoms with van der Waals surface area (Å²) in [5.41, 5.74) is 5.06. The van der Waals surface area contributed by atoms with Gasteiger partial charge in [-0.15, -0.1) is 0 Å². The molecule has 0 saturated heterocycles. The summed E-state index contributed by atoms with van der Waals surface area (Å²) in [6, 6.07) is 3.57. The average molecular weight is 474 g/mol. The van der Waals surface area contributed by atoms with Gasteiger partial charge in [0.05, 0.1) is 11.8 Å². The Hall–Kier alpha value is -3.89. The number of nitrogen functional groups attached to an aromatic ring is 1. The first-order valence-electron chi connectivity index (χ1n) is 10.4. The molecule has 34 heavy (non-hydrogen) atoms. The van der Waals surface area contributed by atoms with Gasteiger partial charge in [-0.1, -0.05) is 26.0 Å². The Balaban J connectivity index is 1.84. The Kier molecular flexibility index (Phi) is 6.67. The van der Waals surface area contributed by atoms with E-state index in [9.17, 15) is 22.8 Å². The van der Waals surface area contributed by atoms with Crippen molar-refractivity contribution in [3.63, 3.8) is 0 Å². The lowest BCUT2D eigenvalue weighted by molar-refractivity contribution is -0.138. The minimum Gasteiger partial charge on any atom is -0.382 e. The molecule has 11 heteroatoms. The van der Waals surface area contributed by atoms with Gasteiger partial charge in [0, 0.05) is 23.9 Å². The number of nitrogens with one attached hydrogen (secondary N) is 3. The zero-order chi connectivity index (χ0) is 25.3. The molecular weight excluding hydrogens is 449 g/mol. The number of nitrogens with two attached hydrogens (primary N) is 1. The fraction of sp³-hybridized carbons (Fsp3) is 0.304. The molecule has 0 bridgehead atoms. The number of allylic oxidation sites excluding steroid dienone is 1. The monoisotopic (exact) mass is 474 g/mol. The van der Waals surface area contributed by atoms with E-state index in [-0.39, 0.29) is 28.3 Å². The molecule has 1 aliphatic carbocycles. The van der Waals surface area contributed by atoms with E-state index >= 15 is 0 Å². The number of carbonyl (C=O) groups excluding carboxylic acids is 2. The summed E-state index contributed by atoms with van der Waals surface area (Å²) >= 11 is 0. The first kappa shape index (κ1) is 24.7. The van der Waals surface area contributed by atoms with Gasteiger partial charge in [-0.2, -0.15) is 18.2 Å². The lowest BCUT2D eigenvalue weighted by Gasteiger charge is -2.30. The highest BCUT2D eigenvalue weighted by atomic mass is 19.4. The van der Waals surface area contributed by atoms with E-state index in [2.05, 4.69) is 25.9 Å². The van der Waals surface area contributed by atoms with Crippen LogP contribution in [-0.4, -0.2) is 28.8 Å². The fourth-order valence-corrected chi connectivity index (χ4v) is 3.49. The molecule has 8 nitrogen and oxygen atoms in total. The number of hydrogen-bond donors (Lipinski definition) is 4. The summed E-state index contributed by atoms with van der Waals surface area (Å²) in [5, 5.41) is 7.92. The van der Waals surface area contributed by atoms with Crippen LogP contribution in [0.1, 0.15) is 31.4 Å². The van der Waals surface area contributed by atoms with Crippen molar-refractivity contribution >= 4 is 35.0 Å². The Labute approximate surface area is 194 Å². The van der Waals surface area contributed by atoms with Gasteiger partial charge in [0.15, 0.2) is 5.82 Å².